The molecule has 0 heteroatoms. The maximum absolute atomic E-state index is 3.38. The number of hydrogen-bond donors (Lipinski definition) is 0. The van der Waals surface area contributed by atoms with Crippen LogP contribution in [-0.4, -0.2) is 0 Å². The summed E-state index contributed by atoms with van der Waals surface area (Å²) in [5.41, 5.74) is 2.53. The van der Waals surface area contributed by atoms with Crippen molar-refractivity contribution >= 4 is 0 Å². The maximum Gasteiger partial charge on any atom is 0.0573 e. The minimum atomic E-state index is 0.291. The van der Waals surface area contributed by atoms with E-state index in [2.05, 4.69) is 72.3 Å². The summed E-state index contributed by atoms with van der Waals surface area (Å²) in [6, 6.07) is 0. The van der Waals surface area contributed by atoms with Gasteiger partial charge < -0.3 is 0 Å². The van der Waals surface area contributed by atoms with Gasteiger partial charge in [-0.1, -0.05) is 72.3 Å². The Kier molecular flexibility index (Phi) is 4.05. The van der Waals surface area contributed by atoms with Gasteiger partial charge in [0, 0.05) is 11.1 Å². The first-order valence-corrected chi connectivity index (χ1v) is 7.37. The van der Waals surface area contributed by atoms with Crippen molar-refractivity contribution in [1.29, 1.82) is 0 Å². The molecule has 0 radical (unpaired) electrons. The van der Waals surface area contributed by atoms with E-state index in [0.29, 0.717) is 11.8 Å². The van der Waals surface area contributed by atoms with Crippen molar-refractivity contribution in [1.82, 2.24) is 0 Å². The zero-order valence-electron chi connectivity index (χ0n) is 11.6. The SMILES string of the molecule is C(#CC1C=CC=C1)C1=C(C#CC2C=CC=C2)CCCC1. The molecule has 3 aliphatic carbocycles. The first-order valence-electron chi connectivity index (χ1n) is 7.37. The Labute approximate surface area is 121 Å². The quantitative estimate of drug-likeness (QED) is 0.567. The van der Waals surface area contributed by atoms with Gasteiger partial charge >= 0.3 is 0 Å². The highest BCUT2D eigenvalue weighted by Crippen LogP contribution is 2.24. The second kappa shape index (κ2) is 6.31. The molecule has 0 atom stereocenters. The molecule has 0 N–H and O–H groups in total. The summed E-state index contributed by atoms with van der Waals surface area (Å²) in [5, 5.41) is 0. The Morgan fingerprint density at radius 2 is 1.05 bits per heavy atom. The molecule has 0 heterocycles. The topological polar surface area (TPSA) is 0 Å². The first-order chi connectivity index (χ1) is 9.92. The van der Waals surface area contributed by atoms with Gasteiger partial charge in [0.25, 0.3) is 0 Å². The van der Waals surface area contributed by atoms with Gasteiger partial charge in [-0.2, -0.15) is 0 Å². The molecule has 0 bridgehead atoms. The van der Waals surface area contributed by atoms with E-state index in [1.54, 1.807) is 0 Å². The second-order valence-corrected chi connectivity index (χ2v) is 5.29. The fraction of sp³-hybridized carbons (Fsp3) is 0.300. The minimum absolute atomic E-state index is 0.291. The summed E-state index contributed by atoms with van der Waals surface area (Å²) in [6.45, 7) is 0. The van der Waals surface area contributed by atoms with Crippen LogP contribution in [0.3, 0.4) is 0 Å². The van der Waals surface area contributed by atoms with Crippen molar-refractivity contribution in [2.24, 2.45) is 11.8 Å². The van der Waals surface area contributed by atoms with Crippen LogP contribution in [0.15, 0.2) is 59.8 Å². The zero-order valence-corrected chi connectivity index (χ0v) is 11.6. The Balaban J connectivity index is 1.79. The Morgan fingerprint density at radius 1 is 0.650 bits per heavy atom. The van der Waals surface area contributed by atoms with Crippen molar-refractivity contribution in [2.45, 2.75) is 25.7 Å². The molecule has 0 aromatic carbocycles. The van der Waals surface area contributed by atoms with Gasteiger partial charge in [-0.3, -0.25) is 0 Å². The van der Waals surface area contributed by atoms with Gasteiger partial charge in [0.05, 0.1) is 11.8 Å². The van der Waals surface area contributed by atoms with E-state index in [9.17, 15) is 0 Å². The molecule has 0 aromatic rings. The van der Waals surface area contributed by atoms with E-state index in [1.807, 2.05) is 0 Å². The number of hydrogen-bond acceptors (Lipinski definition) is 0. The van der Waals surface area contributed by atoms with Crippen LogP contribution >= 0.6 is 0 Å². The third-order valence-corrected chi connectivity index (χ3v) is 3.74. The van der Waals surface area contributed by atoms with E-state index in [1.165, 1.54) is 24.0 Å². The van der Waals surface area contributed by atoms with Crippen molar-refractivity contribution in [2.75, 3.05) is 0 Å². The lowest BCUT2D eigenvalue weighted by molar-refractivity contribution is 0.699. The van der Waals surface area contributed by atoms with Gasteiger partial charge in [-0.05, 0) is 25.7 Å². The number of rotatable bonds is 0. The van der Waals surface area contributed by atoms with E-state index in [0.717, 1.165) is 12.8 Å². The predicted molar refractivity (Wildman–Crippen MR) is 84.6 cm³/mol. The van der Waals surface area contributed by atoms with Crippen LogP contribution in [0.1, 0.15) is 25.7 Å². The van der Waals surface area contributed by atoms with Gasteiger partial charge in [-0.15, -0.1) is 0 Å². The molecular weight excluding hydrogens is 240 g/mol. The zero-order chi connectivity index (χ0) is 13.6. The normalized spacial score (nSPS) is 21.0. The lowest BCUT2D eigenvalue weighted by Crippen LogP contribution is -1.98. The second-order valence-electron chi connectivity index (χ2n) is 5.29. The molecule has 98 valence electrons. The van der Waals surface area contributed by atoms with Crippen LogP contribution in [0.5, 0.6) is 0 Å². The van der Waals surface area contributed by atoms with Crippen molar-refractivity contribution in [3.05, 3.63) is 59.8 Å². The highest BCUT2D eigenvalue weighted by molar-refractivity contribution is 5.47. The molecule has 3 aliphatic rings. The minimum Gasteiger partial charge on any atom is -0.0864 e. The van der Waals surface area contributed by atoms with Gasteiger partial charge in [0.2, 0.25) is 0 Å². The highest BCUT2D eigenvalue weighted by atomic mass is 14.1. The van der Waals surface area contributed by atoms with E-state index in [4.69, 9.17) is 0 Å². The predicted octanol–water partition coefficient (Wildman–Crippen LogP) is 4.35. The molecule has 0 aromatic heterocycles. The molecule has 0 saturated carbocycles. The van der Waals surface area contributed by atoms with E-state index < -0.39 is 0 Å². The fourth-order valence-electron chi connectivity index (χ4n) is 2.58. The van der Waals surface area contributed by atoms with Crippen molar-refractivity contribution in [3.8, 4) is 23.7 Å². The largest absolute Gasteiger partial charge is 0.0864 e. The Hall–Kier alpha value is -2.18. The Bertz CT molecular complexity index is 560. The molecule has 0 fully saturated rings. The molecule has 3 rings (SSSR count). The molecule has 0 amide bonds. The summed E-state index contributed by atoms with van der Waals surface area (Å²) in [6.07, 6.45) is 21.5. The van der Waals surface area contributed by atoms with Crippen LogP contribution in [0, 0.1) is 35.5 Å². The van der Waals surface area contributed by atoms with Crippen molar-refractivity contribution in [3.63, 3.8) is 0 Å². The van der Waals surface area contributed by atoms with Gasteiger partial charge in [0.1, 0.15) is 0 Å². The molecule has 0 aliphatic heterocycles. The summed E-state index contributed by atoms with van der Waals surface area (Å²) < 4.78 is 0. The van der Waals surface area contributed by atoms with Crippen LogP contribution in [-0.2, 0) is 0 Å². The summed E-state index contributed by atoms with van der Waals surface area (Å²) >= 11 is 0. The van der Waals surface area contributed by atoms with E-state index >= 15 is 0 Å². The molecule has 0 saturated heterocycles. The lowest BCUT2D eigenvalue weighted by Gasteiger charge is -2.12. The molecule has 20 heavy (non-hydrogen) atoms. The maximum atomic E-state index is 3.38. The van der Waals surface area contributed by atoms with Gasteiger partial charge in [-0.25, -0.2) is 0 Å². The highest BCUT2D eigenvalue weighted by Gasteiger charge is 2.10. The summed E-state index contributed by atoms with van der Waals surface area (Å²) in [7, 11) is 0. The summed E-state index contributed by atoms with van der Waals surface area (Å²) in [4.78, 5) is 0. The number of allylic oxidation sites excluding steroid dienone is 10. The molecular formula is C20H18. The third kappa shape index (κ3) is 3.23. The smallest absolute Gasteiger partial charge is 0.0573 e. The van der Waals surface area contributed by atoms with Crippen LogP contribution < -0.4 is 0 Å². The van der Waals surface area contributed by atoms with Crippen LogP contribution in [0.2, 0.25) is 0 Å². The monoisotopic (exact) mass is 258 g/mol. The summed E-state index contributed by atoms with van der Waals surface area (Å²) in [5.74, 6) is 14.0. The first kappa shape index (κ1) is 12.8. The fourth-order valence-corrected chi connectivity index (χ4v) is 2.58. The Morgan fingerprint density at radius 3 is 1.45 bits per heavy atom. The van der Waals surface area contributed by atoms with Crippen molar-refractivity contribution < 1.29 is 0 Å². The average molecular weight is 258 g/mol. The lowest BCUT2D eigenvalue weighted by atomic mass is 9.91. The standard InChI is InChI=1S/C20H18/c1-2-8-17(7-1)13-15-19-11-5-6-12-20(19)16-14-18-9-3-4-10-18/h1-4,7-10,17-18H,5-6,11-12H2. The average Bonchev–Trinajstić information content (AvgIpc) is 3.17. The molecule has 0 unspecified atom stereocenters. The van der Waals surface area contributed by atoms with Crippen LogP contribution in [0.4, 0.5) is 0 Å². The van der Waals surface area contributed by atoms with E-state index in [-0.39, 0.29) is 0 Å². The third-order valence-electron chi connectivity index (χ3n) is 3.74. The molecule has 0 spiro atoms. The van der Waals surface area contributed by atoms with Crippen LogP contribution in [0.25, 0.3) is 0 Å². The molecule has 0 nitrogen and oxygen atoms in total. The van der Waals surface area contributed by atoms with Gasteiger partial charge in [0.15, 0.2) is 0 Å².